The van der Waals surface area contributed by atoms with Crippen molar-refractivity contribution in [3.05, 3.63) is 168 Å². The standard InChI is InChI=1S/C41H29N3O/c1-2-9-26(10-3-1)30-20-17-28-19-22-32(25-33(28)24-30)40-42-39(31-21-18-27-11-4-5-12-29(27)23-31)43-41(44-40)35-14-8-16-37-38(35)34-13-6-7-15-36(34)45-37/h1-25,39,41,43H,(H,42,44). The summed E-state index contributed by atoms with van der Waals surface area (Å²) in [6.07, 6.45) is -0.458. The first-order chi connectivity index (χ1) is 22.3. The van der Waals surface area contributed by atoms with E-state index in [0.717, 1.165) is 44.5 Å². The summed E-state index contributed by atoms with van der Waals surface area (Å²) in [5.74, 6) is 0.855. The van der Waals surface area contributed by atoms with E-state index in [-0.39, 0.29) is 12.3 Å². The Hall–Kier alpha value is -5.71. The van der Waals surface area contributed by atoms with Crippen LogP contribution < -0.4 is 10.6 Å². The van der Waals surface area contributed by atoms with Gasteiger partial charge in [0.2, 0.25) is 0 Å². The molecule has 214 valence electrons. The van der Waals surface area contributed by atoms with Crippen LogP contribution in [0, 0.1) is 0 Å². The second-order valence-electron chi connectivity index (χ2n) is 11.7. The van der Waals surface area contributed by atoms with Crippen LogP contribution in [-0.2, 0) is 0 Å². The smallest absolute Gasteiger partial charge is 0.135 e. The molecule has 0 saturated carbocycles. The summed E-state index contributed by atoms with van der Waals surface area (Å²) in [6.45, 7) is 0. The number of amidine groups is 1. The summed E-state index contributed by atoms with van der Waals surface area (Å²) in [7, 11) is 0. The highest BCUT2D eigenvalue weighted by Crippen LogP contribution is 2.36. The Kier molecular flexibility index (Phi) is 6.00. The van der Waals surface area contributed by atoms with Gasteiger partial charge in [-0.25, -0.2) is 4.99 Å². The zero-order valence-corrected chi connectivity index (χ0v) is 24.4. The molecule has 1 aliphatic heterocycles. The maximum atomic E-state index is 6.27. The Morgan fingerprint density at radius 1 is 0.511 bits per heavy atom. The molecule has 0 fully saturated rings. The zero-order valence-electron chi connectivity index (χ0n) is 24.4. The number of rotatable bonds is 4. The lowest BCUT2D eigenvalue weighted by molar-refractivity contribution is 0.411. The van der Waals surface area contributed by atoms with Crippen molar-refractivity contribution in [2.45, 2.75) is 12.3 Å². The van der Waals surface area contributed by atoms with Crippen LogP contribution in [0.2, 0.25) is 0 Å². The molecule has 2 N–H and O–H groups in total. The van der Waals surface area contributed by atoms with Gasteiger partial charge in [0.1, 0.15) is 29.3 Å². The van der Waals surface area contributed by atoms with Crippen LogP contribution >= 0.6 is 0 Å². The van der Waals surface area contributed by atoms with E-state index in [4.69, 9.17) is 9.41 Å². The fraction of sp³-hybridized carbons (Fsp3) is 0.0488. The van der Waals surface area contributed by atoms with Gasteiger partial charge >= 0.3 is 0 Å². The average molecular weight is 580 g/mol. The third-order valence-electron chi connectivity index (χ3n) is 8.92. The van der Waals surface area contributed by atoms with Gasteiger partial charge in [-0.1, -0.05) is 121 Å². The van der Waals surface area contributed by atoms with Crippen molar-refractivity contribution in [1.29, 1.82) is 0 Å². The van der Waals surface area contributed by atoms with Crippen molar-refractivity contribution in [2.75, 3.05) is 0 Å². The fourth-order valence-electron chi connectivity index (χ4n) is 6.66. The molecule has 0 amide bonds. The molecule has 4 nitrogen and oxygen atoms in total. The maximum Gasteiger partial charge on any atom is 0.135 e. The van der Waals surface area contributed by atoms with Crippen molar-refractivity contribution >= 4 is 49.3 Å². The molecular formula is C41H29N3O. The molecule has 7 aromatic carbocycles. The highest BCUT2D eigenvalue weighted by Gasteiger charge is 2.28. The molecule has 2 atom stereocenters. The van der Waals surface area contributed by atoms with Gasteiger partial charge in [0, 0.05) is 21.9 Å². The van der Waals surface area contributed by atoms with Crippen molar-refractivity contribution in [1.82, 2.24) is 10.6 Å². The summed E-state index contributed by atoms with van der Waals surface area (Å²) >= 11 is 0. The van der Waals surface area contributed by atoms with Crippen molar-refractivity contribution in [3.63, 3.8) is 0 Å². The number of hydrogen-bond acceptors (Lipinski definition) is 4. The number of fused-ring (bicyclic) bond motifs is 5. The molecule has 2 unspecified atom stereocenters. The van der Waals surface area contributed by atoms with Crippen LogP contribution in [-0.4, -0.2) is 5.84 Å². The number of aliphatic imine (C=N–C) groups is 1. The van der Waals surface area contributed by atoms with Gasteiger partial charge in [0.25, 0.3) is 0 Å². The first-order valence-corrected chi connectivity index (χ1v) is 15.4. The summed E-state index contributed by atoms with van der Waals surface area (Å²) < 4.78 is 6.27. The SMILES string of the molecule is c1ccc(-c2ccc3ccc(C4=NC(c5ccc6ccccc6c5)NC(c5cccc6oc7ccccc7c56)N4)cc3c2)cc1. The molecule has 1 aromatic heterocycles. The number of furan rings is 1. The summed E-state index contributed by atoms with van der Waals surface area (Å²) in [6, 6.07) is 53.5. The van der Waals surface area contributed by atoms with E-state index in [1.165, 1.54) is 32.7 Å². The van der Waals surface area contributed by atoms with Gasteiger partial charge in [0.15, 0.2) is 0 Å². The Bertz CT molecular complexity index is 2410. The molecule has 45 heavy (non-hydrogen) atoms. The van der Waals surface area contributed by atoms with E-state index in [1.807, 2.05) is 18.2 Å². The highest BCUT2D eigenvalue weighted by atomic mass is 16.3. The van der Waals surface area contributed by atoms with Gasteiger partial charge < -0.3 is 9.73 Å². The van der Waals surface area contributed by atoms with E-state index in [2.05, 4.69) is 144 Å². The highest BCUT2D eigenvalue weighted by molar-refractivity contribution is 6.08. The molecular weight excluding hydrogens is 550 g/mol. The molecule has 4 heteroatoms. The first kappa shape index (κ1) is 25.8. The first-order valence-electron chi connectivity index (χ1n) is 15.4. The number of nitrogens with one attached hydrogen (secondary N) is 2. The van der Waals surface area contributed by atoms with Gasteiger partial charge in [0.05, 0.1) is 0 Å². The number of para-hydroxylation sites is 1. The number of hydrogen-bond donors (Lipinski definition) is 2. The van der Waals surface area contributed by atoms with Gasteiger partial charge in [-0.05, 0) is 68.6 Å². The van der Waals surface area contributed by atoms with Gasteiger partial charge in [-0.3, -0.25) is 5.32 Å². The van der Waals surface area contributed by atoms with Crippen LogP contribution in [0.4, 0.5) is 0 Å². The molecule has 9 rings (SSSR count). The largest absolute Gasteiger partial charge is 0.456 e. The normalized spacial score (nSPS) is 16.7. The summed E-state index contributed by atoms with van der Waals surface area (Å²) in [5, 5.41) is 14.6. The van der Waals surface area contributed by atoms with E-state index < -0.39 is 0 Å². The minimum Gasteiger partial charge on any atom is -0.456 e. The molecule has 0 saturated heterocycles. The second-order valence-corrected chi connectivity index (χ2v) is 11.7. The van der Waals surface area contributed by atoms with E-state index >= 15 is 0 Å². The molecule has 0 bridgehead atoms. The average Bonchev–Trinajstić information content (AvgIpc) is 3.50. The Morgan fingerprint density at radius 2 is 1.22 bits per heavy atom. The Labute approximate surface area is 260 Å². The predicted molar refractivity (Wildman–Crippen MR) is 185 cm³/mol. The van der Waals surface area contributed by atoms with Crippen LogP contribution in [0.1, 0.15) is 29.0 Å². The summed E-state index contributed by atoms with van der Waals surface area (Å²) in [5.41, 5.74) is 7.47. The predicted octanol–water partition coefficient (Wildman–Crippen LogP) is 9.90. The van der Waals surface area contributed by atoms with E-state index in [1.54, 1.807) is 0 Å². The Balaban J connectivity index is 1.19. The topological polar surface area (TPSA) is 49.6 Å². The second kappa shape index (κ2) is 10.5. The molecule has 0 aliphatic carbocycles. The van der Waals surface area contributed by atoms with Gasteiger partial charge in [-0.2, -0.15) is 0 Å². The number of nitrogens with zero attached hydrogens (tertiary/aromatic N) is 1. The number of benzene rings is 7. The van der Waals surface area contributed by atoms with Crippen LogP contribution in [0.3, 0.4) is 0 Å². The van der Waals surface area contributed by atoms with Crippen molar-refractivity contribution in [2.24, 2.45) is 4.99 Å². The lowest BCUT2D eigenvalue weighted by Crippen LogP contribution is -2.45. The molecule has 1 aliphatic rings. The van der Waals surface area contributed by atoms with Crippen LogP contribution in [0.15, 0.2) is 161 Å². The lowest BCUT2D eigenvalue weighted by atomic mass is 9.98. The minimum atomic E-state index is -0.254. The third kappa shape index (κ3) is 4.55. The Morgan fingerprint density at radius 3 is 2.13 bits per heavy atom. The third-order valence-corrected chi connectivity index (χ3v) is 8.92. The zero-order chi connectivity index (χ0) is 29.7. The monoisotopic (exact) mass is 579 g/mol. The van der Waals surface area contributed by atoms with Crippen molar-refractivity contribution < 1.29 is 4.42 Å². The molecule has 0 radical (unpaired) electrons. The van der Waals surface area contributed by atoms with Crippen LogP contribution in [0.25, 0.3) is 54.6 Å². The minimum absolute atomic E-state index is 0.204. The van der Waals surface area contributed by atoms with Crippen molar-refractivity contribution in [3.8, 4) is 11.1 Å². The fourth-order valence-corrected chi connectivity index (χ4v) is 6.66. The molecule has 0 spiro atoms. The van der Waals surface area contributed by atoms with E-state index in [0.29, 0.717) is 0 Å². The summed E-state index contributed by atoms with van der Waals surface area (Å²) in [4.78, 5) is 5.29. The van der Waals surface area contributed by atoms with Crippen LogP contribution in [0.5, 0.6) is 0 Å². The molecule has 8 aromatic rings. The van der Waals surface area contributed by atoms with Gasteiger partial charge in [-0.15, -0.1) is 0 Å². The maximum absolute atomic E-state index is 6.27. The van der Waals surface area contributed by atoms with E-state index in [9.17, 15) is 0 Å². The lowest BCUT2D eigenvalue weighted by Gasteiger charge is -2.32. The quantitative estimate of drug-likeness (QED) is 0.218. The molecule has 2 heterocycles.